The Morgan fingerprint density at radius 2 is 2.06 bits per heavy atom. The van der Waals surface area contributed by atoms with E-state index in [2.05, 4.69) is 5.32 Å². The second kappa shape index (κ2) is 6.69. The molecule has 2 nitrogen and oxygen atoms in total. The molecule has 0 heterocycles. The molecule has 1 aliphatic carbocycles. The molecule has 1 aliphatic rings. The highest BCUT2D eigenvalue weighted by atomic mass is 35.5. The summed E-state index contributed by atoms with van der Waals surface area (Å²) < 4.78 is 12.7. The standard InChI is InChI=1S/C14H20ClNOS/c1-16-13-8-3-2-4-9-14(13)18(17)12-7-5-6-11(15)10-12/h5-7,10,13-14,16H,2-4,8-9H2,1H3. The Morgan fingerprint density at radius 3 is 2.78 bits per heavy atom. The number of rotatable bonds is 3. The van der Waals surface area contributed by atoms with Gasteiger partial charge in [0.25, 0.3) is 0 Å². The quantitative estimate of drug-likeness (QED) is 0.863. The van der Waals surface area contributed by atoms with Gasteiger partial charge in [-0.1, -0.05) is 36.9 Å². The summed E-state index contributed by atoms with van der Waals surface area (Å²) in [6.07, 6.45) is 5.81. The maximum Gasteiger partial charge on any atom is 0.0577 e. The minimum atomic E-state index is -0.968. The van der Waals surface area contributed by atoms with Crippen LogP contribution < -0.4 is 5.32 Å². The Hall–Kier alpha value is -0.380. The van der Waals surface area contributed by atoms with Crippen molar-refractivity contribution < 1.29 is 4.21 Å². The normalized spacial score (nSPS) is 26.6. The van der Waals surface area contributed by atoms with Crippen molar-refractivity contribution in [3.05, 3.63) is 29.3 Å². The van der Waals surface area contributed by atoms with Gasteiger partial charge in [-0.25, -0.2) is 0 Å². The highest BCUT2D eigenvalue weighted by Gasteiger charge is 2.28. The van der Waals surface area contributed by atoms with Crippen LogP contribution in [0.3, 0.4) is 0 Å². The first-order chi connectivity index (χ1) is 8.72. The van der Waals surface area contributed by atoms with Gasteiger partial charge in [0, 0.05) is 16.0 Å². The van der Waals surface area contributed by atoms with Gasteiger partial charge >= 0.3 is 0 Å². The molecule has 0 radical (unpaired) electrons. The van der Waals surface area contributed by atoms with Gasteiger partial charge < -0.3 is 5.32 Å². The Labute approximate surface area is 117 Å². The molecule has 0 saturated heterocycles. The molecule has 4 heteroatoms. The van der Waals surface area contributed by atoms with E-state index < -0.39 is 10.8 Å². The van der Waals surface area contributed by atoms with E-state index in [1.165, 1.54) is 19.3 Å². The second-order valence-corrected chi connectivity index (χ2v) is 6.93. The van der Waals surface area contributed by atoms with Gasteiger partial charge in [-0.3, -0.25) is 4.21 Å². The molecule has 1 saturated carbocycles. The number of halogens is 1. The summed E-state index contributed by atoms with van der Waals surface area (Å²) in [7, 11) is 1.00. The van der Waals surface area contributed by atoms with Crippen LogP contribution >= 0.6 is 11.6 Å². The van der Waals surface area contributed by atoms with Crippen molar-refractivity contribution in [3.8, 4) is 0 Å². The Morgan fingerprint density at radius 1 is 1.28 bits per heavy atom. The third kappa shape index (κ3) is 3.34. The van der Waals surface area contributed by atoms with Crippen molar-refractivity contribution in [2.45, 2.75) is 48.3 Å². The molecule has 0 aliphatic heterocycles. The average molecular weight is 286 g/mol. The second-order valence-electron chi connectivity index (χ2n) is 4.83. The fourth-order valence-electron chi connectivity index (χ4n) is 2.63. The molecule has 0 spiro atoms. The van der Waals surface area contributed by atoms with Crippen molar-refractivity contribution in [3.63, 3.8) is 0 Å². The van der Waals surface area contributed by atoms with E-state index in [9.17, 15) is 4.21 Å². The molecule has 18 heavy (non-hydrogen) atoms. The Balaban J connectivity index is 2.19. The van der Waals surface area contributed by atoms with E-state index in [0.29, 0.717) is 11.1 Å². The summed E-state index contributed by atoms with van der Waals surface area (Å²) in [5, 5.41) is 4.20. The maximum absolute atomic E-state index is 12.7. The minimum Gasteiger partial charge on any atom is -0.316 e. The third-order valence-corrected chi connectivity index (χ3v) is 5.69. The molecule has 3 unspecified atom stereocenters. The molecule has 2 rings (SSSR count). The van der Waals surface area contributed by atoms with Crippen LogP contribution in [0.2, 0.25) is 5.02 Å². The first-order valence-electron chi connectivity index (χ1n) is 6.56. The first kappa shape index (κ1) is 14.0. The monoisotopic (exact) mass is 285 g/mol. The third-order valence-electron chi connectivity index (χ3n) is 3.63. The Bertz CT molecular complexity index is 424. The minimum absolute atomic E-state index is 0.205. The van der Waals surface area contributed by atoms with Gasteiger partial charge in [-0.15, -0.1) is 0 Å². The van der Waals surface area contributed by atoms with Gasteiger partial charge in [-0.05, 0) is 38.1 Å². The highest BCUT2D eigenvalue weighted by Crippen LogP contribution is 2.26. The van der Waals surface area contributed by atoms with Crippen LogP contribution in [0.15, 0.2) is 29.2 Å². The van der Waals surface area contributed by atoms with Gasteiger partial charge in [0.15, 0.2) is 0 Å². The van der Waals surface area contributed by atoms with E-state index in [0.717, 1.165) is 17.7 Å². The van der Waals surface area contributed by atoms with E-state index in [1.54, 1.807) is 0 Å². The molecule has 1 fully saturated rings. The fourth-order valence-corrected chi connectivity index (χ4v) is 4.64. The SMILES string of the molecule is CNC1CCCCCC1S(=O)c1cccc(Cl)c1. The van der Waals surface area contributed by atoms with Crippen LogP contribution in [0.5, 0.6) is 0 Å². The van der Waals surface area contributed by atoms with Crippen LogP contribution in [-0.2, 0) is 10.8 Å². The summed E-state index contributed by atoms with van der Waals surface area (Å²) in [4.78, 5) is 0.856. The molecular formula is C14H20ClNOS. The molecule has 1 N–H and O–H groups in total. The topological polar surface area (TPSA) is 29.1 Å². The summed E-state index contributed by atoms with van der Waals surface area (Å²) in [5.41, 5.74) is 0. The van der Waals surface area contributed by atoms with Crippen LogP contribution in [0, 0.1) is 0 Å². The summed E-state index contributed by atoms with van der Waals surface area (Å²) >= 11 is 5.98. The van der Waals surface area contributed by atoms with E-state index in [4.69, 9.17) is 11.6 Å². The van der Waals surface area contributed by atoms with Gasteiger partial charge in [-0.2, -0.15) is 0 Å². The number of hydrogen-bond donors (Lipinski definition) is 1. The molecule has 0 aromatic heterocycles. The highest BCUT2D eigenvalue weighted by molar-refractivity contribution is 7.85. The van der Waals surface area contributed by atoms with E-state index in [1.807, 2.05) is 31.3 Å². The molecule has 1 aromatic rings. The van der Waals surface area contributed by atoms with Gasteiger partial charge in [0.1, 0.15) is 0 Å². The smallest absolute Gasteiger partial charge is 0.0577 e. The molecule has 1 aromatic carbocycles. The molecule has 0 amide bonds. The lowest BCUT2D eigenvalue weighted by molar-refractivity contribution is 0.500. The summed E-state index contributed by atoms with van der Waals surface area (Å²) in [6.45, 7) is 0. The lowest BCUT2D eigenvalue weighted by Gasteiger charge is -2.24. The largest absolute Gasteiger partial charge is 0.316 e. The average Bonchev–Trinajstić information content (AvgIpc) is 2.62. The molecular weight excluding hydrogens is 266 g/mol. The lowest BCUT2D eigenvalue weighted by Crippen LogP contribution is -2.39. The van der Waals surface area contributed by atoms with E-state index >= 15 is 0 Å². The lowest BCUT2D eigenvalue weighted by atomic mass is 10.1. The van der Waals surface area contributed by atoms with Gasteiger partial charge in [0.05, 0.1) is 16.0 Å². The zero-order valence-corrected chi connectivity index (χ0v) is 12.3. The van der Waals surface area contributed by atoms with Crippen LogP contribution in [0.4, 0.5) is 0 Å². The van der Waals surface area contributed by atoms with Crippen molar-refractivity contribution in [2.24, 2.45) is 0 Å². The molecule has 100 valence electrons. The van der Waals surface area contributed by atoms with Crippen molar-refractivity contribution >= 4 is 22.4 Å². The number of benzene rings is 1. The maximum atomic E-state index is 12.7. The van der Waals surface area contributed by atoms with Crippen molar-refractivity contribution in [1.82, 2.24) is 5.32 Å². The number of nitrogens with one attached hydrogen (secondary N) is 1. The van der Waals surface area contributed by atoms with Crippen molar-refractivity contribution in [2.75, 3.05) is 7.05 Å². The predicted molar refractivity (Wildman–Crippen MR) is 77.6 cm³/mol. The van der Waals surface area contributed by atoms with Crippen molar-refractivity contribution in [1.29, 1.82) is 0 Å². The van der Waals surface area contributed by atoms with Crippen LogP contribution in [-0.4, -0.2) is 22.5 Å². The van der Waals surface area contributed by atoms with Crippen LogP contribution in [0.1, 0.15) is 32.1 Å². The summed E-state index contributed by atoms with van der Waals surface area (Å²) in [6, 6.07) is 7.80. The fraction of sp³-hybridized carbons (Fsp3) is 0.571. The molecule has 3 atom stereocenters. The zero-order chi connectivity index (χ0) is 13.0. The first-order valence-corrected chi connectivity index (χ1v) is 8.15. The van der Waals surface area contributed by atoms with Crippen LogP contribution in [0.25, 0.3) is 0 Å². The Kier molecular flexibility index (Phi) is 5.22. The number of hydrogen-bond acceptors (Lipinski definition) is 2. The predicted octanol–water partition coefficient (Wildman–Crippen LogP) is 3.37. The van der Waals surface area contributed by atoms with Gasteiger partial charge in [0.2, 0.25) is 0 Å². The molecule has 0 bridgehead atoms. The van der Waals surface area contributed by atoms with E-state index in [-0.39, 0.29) is 5.25 Å². The zero-order valence-electron chi connectivity index (χ0n) is 10.7. The summed E-state index contributed by atoms with van der Waals surface area (Å²) in [5.74, 6) is 0.